The molecular weight excluding hydrogens is 614 g/mol. The summed E-state index contributed by atoms with van der Waals surface area (Å²) in [5.74, 6) is -1.66. The number of nitrogens with two attached hydrogens (primary N) is 1. The van der Waals surface area contributed by atoms with Gasteiger partial charge in [-0.15, -0.1) is 0 Å². The van der Waals surface area contributed by atoms with Crippen LogP contribution in [-0.2, 0) is 32.4 Å². The molecule has 3 rings (SSSR count). The van der Waals surface area contributed by atoms with Crippen molar-refractivity contribution in [2.75, 3.05) is 18.9 Å². The quantitative estimate of drug-likeness (QED) is 0.0812. The molecule has 2 aliphatic heterocycles. The van der Waals surface area contributed by atoms with Crippen molar-refractivity contribution in [2.45, 2.75) is 55.8 Å². The van der Waals surface area contributed by atoms with E-state index in [0.717, 1.165) is 29.8 Å². The Kier molecular flexibility index (Phi) is 10.7. The average molecular weight is 644 g/mol. The predicted octanol–water partition coefficient (Wildman–Crippen LogP) is -3.90. The third-order valence-electron chi connectivity index (χ3n) is 5.90. The van der Waals surface area contributed by atoms with Crippen LogP contribution in [0.1, 0.15) is 13.2 Å². The van der Waals surface area contributed by atoms with Gasteiger partial charge in [-0.25, -0.2) is 9.36 Å². The third kappa shape index (κ3) is 8.01. The van der Waals surface area contributed by atoms with Gasteiger partial charge in [0.15, 0.2) is 18.1 Å². The van der Waals surface area contributed by atoms with E-state index in [4.69, 9.17) is 24.8 Å². The lowest BCUT2D eigenvalue weighted by molar-refractivity contribution is -0.123. The van der Waals surface area contributed by atoms with Crippen molar-refractivity contribution in [3.8, 4) is 0 Å². The first kappa shape index (κ1) is 33.8. The lowest BCUT2D eigenvalue weighted by atomic mass is 9.98. The van der Waals surface area contributed by atoms with Gasteiger partial charge in [-0.1, -0.05) is 6.08 Å². The molecular formula is C20H30N4O16P2. The van der Waals surface area contributed by atoms with Crippen molar-refractivity contribution in [3.05, 3.63) is 46.2 Å². The van der Waals surface area contributed by atoms with Crippen molar-refractivity contribution < 1.29 is 72.7 Å². The number of phosphoric ester groups is 1. The van der Waals surface area contributed by atoms with Crippen LogP contribution in [0.5, 0.6) is 0 Å². The van der Waals surface area contributed by atoms with Crippen LogP contribution >= 0.6 is 15.4 Å². The molecule has 20 nitrogen and oxygen atoms in total. The molecule has 1 saturated heterocycles. The van der Waals surface area contributed by atoms with E-state index in [1.807, 2.05) is 0 Å². The minimum Gasteiger partial charge on any atom is -0.481 e. The molecule has 2 unspecified atom stereocenters. The summed E-state index contributed by atoms with van der Waals surface area (Å²) in [5.41, 5.74) is 2.91. The molecule has 236 valence electrons. The normalized spacial score (nSPS) is 30.1. The summed E-state index contributed by atoms with van der Waals surface area (Å²) >= 11 is 0. The number of hydrogen-bond donors (Lipinski definition) is 10. The highest BCUT2D eigenvalue weighted by Crippen LogP contribution is 2.57. The molecule has 0 spiro atoms. The Hall–Kier alpha value is -2.71. The zero-order valence-electron chi connectivity index (χ0n) is 21.6. The number of carbonyl (C=O) groups excluding carboxylic acids is 1. The Balaban J connectivity index is 1.82. The van der Waals surface area contributed by atoms with Gasteiger partial charge in [0, 0.05) is 13.1 Å². The topological polar surface area (TPSA) is 323 Å². The van der Waals surface area contributed by atoms with Gasteiger partial charge in [0.1, 0.15) is 36.3 Å². The van der Waals surface area contributed by atoms with E-state index in [9.17, 15) is 53.8 Å². The van der Waals surface area contributed by atoms with Crippen LogP contribution in [0, 0.1) is 0 Å². The number of carbonyl (C=O) groups is 1. The number of aliphatic hydroxyl groups excluding tert-OH is 5. The first-order chi connectivity index (χ1) is 19.4. The molecule has 3 heterocycles. The summed E-state index contributed by atoms with van der Waals surface area (Å²) in [6.07, 6.45) is -9.03. The number of aromatic nitrogens is 2. The Morgan fingerprint density at radius 3 is 2.48 bits per heavy atom. The van der Waals surface area contributed by atoms with E-state index in [2.05, 4.69) is 14.8 Å². The van der Waals surface area contributed by atoms with Gasteiger partial charge in [0.2, 0.25) is 5.91 Å². The van der Waals surface area contributed by atoms with Crippen LogP contribution < -0.4 is 16.7 Å². The molecule has 0 radical (unpaired) electrons. The summed E-state index contributed by atoms with van der Waals surface area (Å²) in [7, 11) is -11.1. The van der Waals surface area contributed by atoms with Crippen LogP contribution in [0.3, 0.4) is 0 Å². The summed E-state index contributed by atoms with van der Waals surface area (Å²) in [6, 6.07) is 0.0104. The number of phosphoric acid groups is 1. The van der Waals surface area contributed by atoms with Crippen molar-refractivity contribution in [3.63, 3.8) is 0 Å². The Bertz CT molecular complexity index is 1360. The van der Waals surface area contributed by atoms with Gasteiger partial charge in [-0.3, -0.25) is 23.3 Å². The van der Waals surface area contributed by atoms with E-state index >= 15 is 0 Å². The molecule has 22 heteroatoms. The molecule has 0 saturated carbocycles. The average Bonchev–Trinajstić information content (AvgIpc) is 3.18. The van der Waals surface area contributed by atoms with Crippen LogP contribution in [0.4, 0.5) is 5.82 Å². The van der Waals surface area contributed by atoms with E-state index in [0.29, 0.717) is 0 Å². The molecule has 0 aliphatic carbocycles. The molecule has 1 aromatic rings. The standard InChI is InChI=1S/C20H30N4O16P2/c1-8(26)22-9-2-3-11(38-17(9)14(28)10(27)6-25)19(41(32,33)34)40-42(35,36)37-7-12-15(29)16(30)18(39-12)24-5-4-13(21)23-20(24)31/h2-5,9-10,12,14-18,25,27-30H,6-7H2,1H3,(H,22,26)(H,35,36)(H2,21,23,31)(H2,32,33,34)/b19-11-/t9-,10+,12-,14?,15-,16-,17-,18-/m1/s1. The molecule has 1 fully saturated rings. The first-order valence-electron chi connectivity index (χ1n) is 11.9. The largest absolute Gasteiger partial charge is 0.527 e. The molecule has 11 N–H and O–H groups in total. The number of nitrogen functional groups attached to an aromatic ring is 1. The number of hydrogen-bond acceptors (Lipinski definition) is 15. The number of nitrogens with zero attached hydrogens (tertiary/aromatic N) is 2. The first-order valence-corrected chi connectivity index (χ1v) is 15.0. The smallest absolute Gasteiger partial charge is 0.481 e. The molecule has 0 bridgehead atoms. The maximum atomic E-state index is 12.7. The lowest BCUT2D eigenvalue weighted by Gasteiger charge is -2.35. The number of aliphatic hydroxyl groups is 5. The van der Waals surface area contributed by atoms with Crippen LogP contribution in [0.2, 0.25) is 0 Å². The summed E-state index contributed by atoms with van der Waals surface area (Å²) in [5, 5.41) is 52.3. The summed E-state index contributed by atoms with van der Waals surface area (Å²) in [6.45, 7) is -0.868. The Labute approximate surface area is 236 Å². The molecule has 1 amide bonds. The van der Waals surface area contributed by atoms with Gasteiger partial charge in [0.25, 0.3) is 5.50 Å². The Morgan fingerprint density at radius 2 is 1.90 bits per heavy atom. The minimum absolute atomic E-state index is 0.134. The van der Waals surface area contributed by atoms with Crippen LogP contribution in [0.25, 0.3) is 0 Å². The van der Waals surface area contributed by atoms with Crippen molar-refractivity contribution in [1.82, 2.24) is 14.9 Å². The second-order valence-corrected chi connectivity index (χ2v) is 11.9. The highest BCUT2D eigenvalue weighted by Gasteiger charge is 2.46. The number of rotatable bonds is 11. The molecule has 2 aliphatic rings. The summed E-state index contributed by atoms with van der Waals surface area (Å²) in [4.78, 5) is 56.9. The fourth-order valence-corrected chi connectivity index (χ4v) is 5.76. The molecule has 0 aromatic carbocycles. The highest BCUT2D eigenvalue weighted by atomic mass is 31.2. The van der Waals surface area contributed by atoms with Gasteiger partial charge in [-0.2, -0.15) is 4.98 Å². The van der Waals surface area contributed by atoms with Gasteiger partial charge in [0.05, 0.1) is 19.3 Å². The summed E-state index contributed by atoms with van der Waals surface area (Å²) < 4.78 is 45.7. The predicted molar refractivity (Wildman–Crippen MR) is 135 cm³/mol. The fraction of sp³-hybridized carbons (Fsp3) is 0.550. The number of amides is 1. The molecule has 1 aromatic heterocycles. The maximum Gasteiger partial charge on any atom is 0.527 e. The number of anilines is 1. The van der Waals surface area contributed by atoms with Crippen molar-refractivity contribution in [1.29, 1.82) is 0 Å². The molecule has 9 atom stereocenters. The fourth-order valence-electron chi connectivity index (χ4n) is 3.92. The highest BCUT2D eigenvalue weighted by molar-refractivity contribution is 7.57. The lowest BCUT2D eigenvalue weighted by Crippen LogP contribution is -2.53. The van der Waals surface area contributed by atoms with E-state index in [-0.39, 0.29) is 5.82 Å². The second kappa shape index (κ2) is 13.3. The van der Waals surface area contributed by atoms with Gasteiger partial charge in [-0.05, 0) is 12.1 Å². The number of nitrogens with one attached hydrogen (secondary N) is 1. The van der Waals surface area contributed by atoms with Crippen molar-refractivity contribution in [2.24, 2.45) is 0 Å². The van der Waals surface area contributed by atoms with E-state index in [1.54, 1.807) is 0 Å². The third-order valence-corrected chi connectivity index (χ3v) is 7.78. The van der Waals surface area contributed by atoms with E-state index < -0.39 is 100 Å². The van der Waals surface area contributed by atoms with Gasteiger partial charge < -0.3 is 60.4 Å². The van der Waals surface area contributed by atoms with Crippen LogP contribution in [-0.4, -0.2) is 112 Å². The maximum absolute atomic E-state index is 12.7. The monoisotopic (exact) mass is 644 g/mol. The Morgan fingerprint density at radius 1 is 1.24 bits per heavy atom. The number of allylic oxidation sites excluding steroid dienone is 1. The second-order valence-electron chi connectivity index (χ2n) is 9.07. The minimum atomic E-state index is -5.59. The SMILES string of the molecule is CC(=O)N[C@@H]1C=C/C(=C(\OP(=O)(O)OC[C@H]2O[C@@H](n3ccc(N)nc3=O)[C@H](O)[C@@H]2O)P(=O)(O)O)O[C@H]1C(O)[C@@H](O)CO. The van der Waals surface area contributed by atoms with E-state index in [1.165, 1.54) is 6.07 Å². The molecule has 42 heavy (non-hydrogen) atoms. The van der Waals surface area contributed by atoms with Gasteiger partial charge >= 0.3 is 21.1 Å². The van der Waals surface area contributed by atoms with Crippen molar-refractivity contribution >= 4 is 27.1 Å². The van der Waals surface area contributed by atoms with Crippen LogP contribution in [0.15, 0.2) is 40.5 Å². The number of ether oxygens (including phenoxy) is 2. The zero-order valence-corrected chi connectivity index (χ0v) is 23.3. The zero-order chi connectivity index (χ0) is 31.6.